The number of benzene rings is 1. The second kappa shape index (κ2) is 9.06. The van der Waals surface area contributed by atoms with Gasteiger partial charge in [0.05, 0.1) is 17.0 Å². The van der Waals surface area contributed by atoms with Gasteiger partial charge in [-0.3, -0.25) is 4.57 Å². The molecule has 2 N–H and O–H groups in total. The Balaban J connectivity index is 1.64. The summed E-state index contributed by atoms with van der Waals surface area (Å²) in [5.74, 6) is 1.52. The first-order valence-corrected chi connectivity index (χ1v) is 11.9. The van der Waals surface area contributed by atoms with E-state index in [2.05, 4.69) is 26.3 Å². The summed E-state index contributed by atoms with van der Waals surface area (Å²) in [6, 6.07) is 7.69. The number of hydrogen-bond donors (Lipinski definition) is 2. The lowest BCUT2D eigenvalue weighted by molar-refractivity contribution is 0.142. The van der Waals surface area contributed by atoms with Crippen molar-refractivity contribution in [3.05, 3.63) is 53.8 Å². The minimum absolute atomic E-state index is 0.0233. The number of halogens is 2. The van der Waals surface area contributed by atoms with Gasteiger partial charge in [0, 0.05) is 29.9 Å². The summed E-state index contributed by atoms with van der Waals surface area (Å²) in [6.45, 7) is 1.64. The largest absolute Gasteiger partial charge is 0.394 e. The van der Waals surface area contributed by atoms with Gasteiger partial charge < -0.3 is 15.3 Å². The van der Waals surface area contributed by atoms with E-state index >= 15 is 0 Å². The zero-order valence-corrected chi connectivity index (χ0v) is 19.9. The normalized spacial score (nSPS) is 20.3. The molecule has 0 radical (unpaired) electrons. The molecule has 1 aliphatic carbocycles. The van der Waals surface area contributed by atoms with Crippen LogP contribution in [0.1, 0.15) is 19.3 Å². The van der Waals surface area contributed by atoms with Crippen molar-refractivity contribution in [3.8, 4) is 11.4 Å². The summed E-state index contributed by atoms with van der Waals surface area (Å²) in [5, 5.41) is 13.8. The fourth-order valence-corrected chi connectivity index (χ4v) is 4.94. The molecule has 3 heterocycles. The van der Waals surface area contributed by atoms with E-state index in [4.69, 9.17) is 28.2 Å². The fourth-order valence-electron chi connectivity index (χ4n) is 4.56. The van der Waals surface area contributed by atoms with Gasteiger partial charge in [-0.15, -0.1) is 11.6 Å². The molecular formula is C24H26Cl2N6O. The first kappa shape index (κ1) is 22.3. The molecule has 1 fully saturated rings. The van der Waals surface area contributed by atoms with Gasteiger partial charge in [0.15, 0.2) is 17.0 Å². The van der Waals surface area contributed by atoms with Crippen LogP contribution in [0.4, 0.5) is 5.82 Å². The van der Waals surface area contributed by atoms with Gasteiger partial charge in [0.25, 0.3) is 0 Å². The Morgan fingerprint density at radius 3 is 2.67 bits per heavy atom. The van der Waals surface area contributed by atoms with Gasteiger partial charge in [-0.2, -0.15) is 0 Å². The van der Waals surface area contributed by atoms with Gasteiger partial charge in [-0.25, -0.2) is 15.0 Å². The number of fused-ring (bicyclic) bond motifs is 1. The molecule has 0 bridgehead atoms. The lowest BCUT2D eigenvalue weighted by Gasteiger charge is -2.41. The van der Waals surface area contributed by atoms with E-state index in [1.807, 2.05) is 48.0 Å². The summed E-state index contributed by atoms with van der Waals surface area (Å²) in [6.07, 6.45) is 10.0. The van der Waals surface area contributed by atoms with Crippen LogP contribution in [0.2, 0.25) is 5.02 Å². The summed E-state index contributed by atoms with van der Waals surface area (Å²) < 4.78 is 2.04. The van der Waals surface area contributed by atoms with Crippen molar-refractivity contribution in [1.29, 1.82) is 0 Å². The number of piperidine rings is 1. The van der Waals surface area contributed by atoms with Crippen molar-refractivity contribution in [2.75, 3.05) is 31.6 Å². The van der Waals surface area contributed by atoms with Crippen LogP contribution in [0, 0.1) is 0 Å². The van der Waals surface area contributed by atoms with Gasteiger partial charge in [0.1, 0.15) is 12.2 Å². The van der Waals surface area contributed by atoms with E-state index in [9.17, 15) is 5.11 Å². The van der Waals surface area contributed by atoms with Crippen LogP contribution in [0.3, 0.4) is 0 Å². The molecule has 1 saturated heterocycles. The van der Waals surface area contributed by atoms with Gasteiger partial charge in [-0.1, -0.05) is 35.9 Å². The third kappa shape index (κ3) is 4.04. The second-order valence-electron chi connectivity index (χ2n) is 8.54. The average molecular weight is 485 g/mol. The maximum atomic E-state index is 9.87. The number of anilines is 1. The zero-order chi connectivity index (χ0) is 23.0. The van der Waals surface area contributed by atoms with Crippen molar-refractivity contribution in [2.45, 2.75) is 30.2 Å². The number of nitrogens with one attached hydrogen (secondary N) is 1. The maximum Gasteiger partial charge on any atom is 0.170 e. The Kier molecular flexibility index (Phi) is 6.14. The van der Waals surface area contributed by atoms with Crippen molar-refractivity contribution < 1.29 is 5.11 Å². The van der Waals surface area contributed by atoms with Crippen molar-refractivity contribution in [3.63, 3.8) is 0 Å². The highest BCUT2D eigenvalue weighted by Crippen LogP contribution is 2.36. The Hall–Kier alpha value is -2.45. The molecule has 1 aromatic carbocycles. The lowest BCUT2D eigenvalue weighted by atomic mass is 9.88. The number of imidazole rings is 1. The third-order valence-electron chi connectivity index (χ3n) is 6.68. The van der Waals surface area contributed by atoms with Crippen molar-refractivity contribution in [2.24, 2.45) is 0 Å². The van der Waals surface area contributed by atoms with Crippen LogP contribution in [-0.2, 0) is 0 Å². The predicted molar refractivity (Wildman–Crippen MR) is 134 cm³/mol. The number of hydrogen-bond acceptors (Lipinski definition) is 6. The summed E-state index contributed by atoms with van der Waals surface area (Å²) in [7, 11) is 1.91. The number of aromatic nitrogens is 4. The average Bonchev–Trinajstić information content (AvgIpc) is 3.24. The minimum atomic E-state index is -0.249. The van der Waals surface area contributed by atoms with Crippen LogP contribution < -0.4 is 10.2 Å². The Bertz CT molecular complexity index is 1220. The lowest BCUT2D eigenvalue weighted by Crippen LogP contribution is -2.54. The second-order valence-corrected chi connectivity index (χ2v) is 9.50. The number of likely N-dealkylation sites (N-methyl/N-ethyl adjacent to an activating group) is 1. The number of alkyl halides is 1. The van der Waals surface area contributed by atoms with E-state index in [1.54, 1.807) is 6.33 Å². The van der Waals surface area contributed by atoms with Gasteiger partial charge in [-0.05, 0) is 44.5 Å². The number of nitrogens with zero attached hydrogens (tertiary/aromatic N) is 5. The van der Waals surface area contributed by atoms with Crippen LogP contribution in [0.15, 0.2) is 48.8 Å². The van der Waals surface area contributed by atoms with Crippen molar-refractivity contribution in [1.82, 2.24) is 24.8 Å². The van der Waals surface area contributed by atoms with E-state index in [-0.39, 0.29) is 17.5 Å². The van der Waals surface area contributed by atoms with Crippen molar-refractivity contribution >= 4 is 45.9 Å². The molecule has 2 aromatic heterocycles. The monoisotopic (exact) mass is 484 g/mol. The Labute approximate surface area is 202 Å². The molecule has 2 aliphatic rings. The molecule has 5 rings (SSSR count). The van der Waals surface area contributed by atoms with E-state index < -0.39 is 0 Å². The molecule has 9 heteroatoms. The third-order valence-corrected chi connectivity index (χ3v) is 7.33. The first-order chi connectivity index (χ1) is 16.0. The zero-order valence-electron chi connectivity index (χ0n) is 18.4. The van der Waals surface area contributed by atoms with Gasteiger partial charge >= 0.3 is 0 Å². The summed E-state index contributed by atoms with van der Waals surface area (Å²) in [5.41, 5.74) is 3.00. The molecule has 0 spiro atoms. The Morgan fingerprint density at radius 1 is 1.21 bits per heavy atom. The highest BCUT2D eigenvalue weighted by atomic mass is 35.5. The smallest absolute Gasteiger partial charge is 0.170 e. The molecule has 1 atom stereocenters. The fraction of sp³-hybridized carbons (Fsp3) is 0.375. The summed E-state index contributed by atoms with van der Waals surface area (Å²) in [4.78, 5) is 16.5. The molecule has 3 aromatic rings. The van der Waals surface area contributed by atoms with Crippen LogP contribution >= 0.6 is 23.2 Å². The molecule has 7 nitrogen and oxygen atoms in total. The van der Waals surface area contributed by atoms with Crippen LogP contribution in [0.25, 0.3) is 28.2 Å². The van der Waals surface area contributed by atoms with Crippen LogP contribution in [-0.4, -0.2) is 62.3 Å². The van der Waals surface area contributed by atoms with E-state index in [0.717, 1.165) is 66.4 Å². The van der Waals surface area contributed by atoms with Crippen LogP contribution in [0.5, 0.6) is 0 Å². The quantitative estimate of drug-likeness (QED) is 0.530. The molecular weight excluding hydrogens is 459 g/mol. The summed E-state index contributed by atoms with van der Waals surface area (Å²) >= 11 is 12.9. The number of aliphatic hydroxyl groups excluding tert-OH is 1. The molecule has 1 aliphatic heterocycles. The highest BCUT2D eigenvalue weighted by molar-refractivity contribution is 6.33. The number of rotatable bonds is 5. The number of aliphatic hydroxyl groups is 1. The topological polar surface area (TPSA) is 79.1 Å². The minimum Gasteiger partial charge on any atom is -0.394 e. The molecule has 0 unspecified atom stereocenters. The van der Waals surface area contributed by atoms with Gasteiger partial charge in [0.2, 0.25) is 0 Å². The molecule has 0 saturated carbocycles. The number of allylic oxidation sites excluding steroid dienone is 4. The molecule has 0 amide bonds. The van der Waals surface area contributed by atoms with E-state index in [1.165, 1.54) is 0 Å². The SMILES string of the molecule is CNC1(CO)CCN(c2ncnc3c2nc(-c2ccccc2Cl)n3C2=CC[C@H](Cl)C=C2)CC1. The highest BCUT2D eigenvalue weighted by Gasteiger charge is 2.34. The molecule has 172 valence electrons. The first-order valence-electron chi connectivity index (χ1n) is 11.1. The maximum absolute atomic E-state index is 9.87. The standard InChI is InChI=1S/C24H26Cl2N6O/c1-27-24(14-33)10-12-31(13-11-24)22-20-23(29-15-28-22)32(17-8-6-16(25)7-9-17)21(30-20)18-4-2-3-5-19(18)26/h2-6,8-9,15-16,27,33H,7,10-14H2,1H3/t16-/m1/s1. The predicted octanol–water partition coefficient (Wildman–Crippen LogP) is 4.11. The molecule has 33 heavy (non-hydrogen) atoms. The Morgan fingerprint density at radius 2 is 2.00 bits per heavy atom. The van der Waals surface area contributed by atoms with E-state index in [0.29, 0.717) is 5.02 Å².